The van der Waals surface area contributed by atoms with Gasteiger partial charge in [0, 0.05) is 13.7 Å². The topological polar surface area (TPSA) is 30.5 Å². The van der Waals surface area contributed by atoms with E-state index in [0.717, 1.165) is 31.9 Å². The van der Waals surface area contributed by atoms with Crippen LogP contribution in [0.25, 0.3) is 0 Å². The highest BCUT2D eigenvalue weighted by atomic mass is 32.2. The summed E-state index contributed by atoms with van der Waals surface area (Å²) in [7, 11) is 3.44. The third-order valence-electron chi connectivity index (χ3n) is 3.33. The normalized spacial score (nSPS) is 12.3. The maximum absolute atomic E-state index is 5.20. The van der Waals surface area contributed by atoms with Crippen LogP contribution in [0.2, 0.25) is 0 Å². The zero-order chi connectivity index (χ0) is 14.6. The summed E-state index contributed by atoms with van der Waals surface area (Å²) in [5, 5.41) is 3.48. The van der Waals surface area contributed by atoms with Crippen molar-refractivity contribution in [1.29, 1.82) is 0 Å². The molecule has 20 heavy (non-hydrogen) atoms. The highest BCUT2D eigenvalue weighted by Crippen LogP contribution is 2.17. The molecule has 114 valence electrons. The molecule has 4 heteroatoms. The van der Waals surface area contributed by atoms with Gasteiger partial charge in [0.15, 0.2) is 0 Å². The Labute approximate surface area is 127 Å². The number of nitrogens with one attached hydrogen (secondary N) is 1. The van der Waals surface area contributed by atoms with Crippen LogP contribution in [-0.2, 0) is 11.2 Å². The Morgan fingerprint density at radius 1 is 1.20 bits per heavy atom. The Morgan fingerprint density at radius 3 is 2.55 bits per heavy atom. The number of hydrogen-bond donors (Lipinski definition) is 1. The van der Waals surface area contributed by atoms with Crippen LogP contribution >= 0.6 is 11.8 Å². The largest absolute Gasteiger partial charge is 0.497 e. The monoisotopic (exact) mass is 297 g/mol. The molecule has 1 unspecified atom stereocenters. The molecule has 0 bridgehead atoms. The van der Waals surface area contributed by atoms with Crippen molar-refractivity contribution in [3.05, 3.63) is 29.8 Å². The second-order valence-corrected chi connectivity index (χ2v) is 5.88. The highest BCUT2D eigenvalue weighted by Gasteiger charge is 2.09. The van der Waals surface area contributed by atoms with E-state index in [1.165, 1.54) is 17.7 Å². The lowest BCUT2D eigenvalue weighted by Gasteiger charge is -2.17. The Balaban J connectivity index is 2.44. The van der Waals surface area contributed by atoms with E-state index in [1.807, 2.05) is 23.9 Å². The van der Waals surface area contributed by atoms with Crippen molar-refractivity contribution < 1.29 is 9.47 Å². The van der Waals surface area contributed by atoms with Crippen molar-refractivity contribution in [3.8, 4) is 5.75 Å². The third-order valence-corrected chi connectivity index (χ3v) is 3.97. The molecule has 3 nitrogen and oxygen atoms in total. The second kappa shape index (κ2) is 11.0. The molecule has 0 amide bonds. The number of hydrogen-bond acceptors (Lipinski definition) is 4. The van der Waals surface area contributed by atoms with Gasteiger partial charge in [0.05, 0.1) is 13.7 Å². The second-order valence-electron chi connectivity index (χ2n) is 4.90. The molecule has 0 spiro atoms. The molecule has 0 fully saturated rings. The van der Waals surface area contributed by atoms with E-state index < -0.39 is 0 Å². The number of methoxy groups -OCH3 is 2. The molecule has 0 radical (unpaired) electrons. The highest BCUT2D eigenvalue weighted by molar-refractivity contribution is 7.98. The molecule has 0 aliphatic carbocycles. The molecular formula is C16H27NO2S. The van der Waals surface area contributed by atoms with Crippen molar-refractivity contribution in [2.24, 2.45) is 5.92 Å². The quantitative estimate of drug-likeness (QED) is 0.636. The standard InChI is InChI=1S/C16H27NO2S/c1-18-10-9-17-13-15(8-11-20-3)12-14-4-6-16(19-2)7-5-14/h4-7,15,17H,8-13H2,1-3H3. The molecular weight excluding hydrogens is 270 g/mol. The minimum Gasteiger partial charge on any atom is -0.497 e. The molecule has 0 saturated carbocycles. The molecule has 0 aromatic heterocycles. The number of benzene rings is 1. The molecule has 1 aromatic carbocycles. The van der Waals surface area contributed by atoms with E-state index in [9.17, 15) is 0 Å². The van der Waals surface area contributed by atoms with Crippen molar-refractivity contribution in [2.45, 2.75) is 12.8 Å². The van der Waals surface area contributed by atoms with Gasteiger partial charge in [-0.15, -0.1) is 0 Å². The Hall–Kier alpha value is -0.710. The van der Waals surface area contributed by atoms with Crippen LogP contribution in [0.4, 0.5) is 0 Å². The summed E-state index contributed by atoms with van der Waals surface area (Å²) in [6.07, 6.45) is 4.53. The van der Waals surface area contributed by atoms with E-state index in [0.29, 0.717) is 5.92 Å². The summed E-state index contributed by atoms with van der Waals surface area (Å²) in [6, 6.07) is 8.42. The van der Waals surface area contributed by atoms with E-state index in [1.54, 1.807) is 14.2 Å². The van der Waals surface area contributed by atoms with Crippen LogP contribution in [0.15, 0.2) is 24.3 Å². The van der Waals surface area contributed by atoms with Gasteiger partial charge in [-0.3, -0.25) is 0 Å². The Kier molecular flexibility index (Phi) is 9.54. The molecule has 0 heterocycles. The fraction of sp³-hybridized carbons (Fsp3) is 0.625. The van der Waals surface area contributed by atoms with Gasteiger partial charge < -0.3 is 14.8 Å². The third kappa shape index (κ3) is 7.17. The summed E-state index contributed by atoms with van der Waals surface area (Å²) in [6.45, 7) is 2.75. The predicted octanol–water partition coefficient (Wildman–Crippen LogP) is 2.84. The van der Waals surface area contributed by atoms with Crippen LogP contribution in [0, 0.1) is 5.92 Å². The van der Waals surface area contributed by atoms with Gasteiger partial charge in [-0.25, -0.2) is 0 Å². The van der Waals surface area contributed by atoms with Crippen LogP contribution in [0.1, 0.15) is 12.0 Å². The lowest BCUT2D eigenvalue weighted by Crippen LogP contribution is -2.27. The minimum absolute atomic E-state index is 0.674. The van der Waals surface area contributed by atoms with E-state index in [-0.39, 0.29) is 0 Å². The van der Waals surface area contributed by atoms with Crippen molar-refractivity contribution in [3.63, 3.8) is 0 Å². The summed E-state index contributed by atoms with van der Waals surface area (Å²) < 4.78 is 10.3. The van der Waals surface area contributed by atoms with Gasteiger partial charge >= 0.3 is 0 Å². The van der Waals surface area contributed by atoms with Crippen molar-refractivity contribution in [2.75, 3.05) is 45.9 Å². The zero-order valence-corrected chi connectivity index (χ0v) is 13.7. The van der Waals surface area contributed by atoms with Crippen molar-refractivity contribution in [1.82, 2.24) is 5.32 Å². The SMILES string of the molecule is COCCNCC(CCSC)Cc1ccc(OC)cc1. The zero-order valence-electron chi connectivity index (χ0n) is 12.9. The first kappa shape index (κ1) is 17.3. The molecule has 1 atom stereocenters. The van der Waals surface area contributed by atoms with Gasteiger partial charge in [-0.1, -0.05) is 12.1 Å². The van der Waals surface area contributed by atoms with Crippen LogP contribution < -0.4 is 10.1 Å². The number of thioether (sulfide) groups is 1. The molecule has 0 aliphatic heterocycles. The first-order valence-corrected chi connectivity index (χ1v) is 8.51. The first-order valence-electron chi connectivity index (χ1n) is 7.11. The smallest absolute Gasteiger partial charge is 0.118 e. The van der Waals surface area contributed by atoms with Gasteiger partial charge in [-0.2, -0.15) is 11.8 Å². The van der Waals surface area contributed by atoms with Gasteiger partial charge in [0.1, 0.15) is 5.75 Å². The maximum atomic E-state index is 5.20. The average molecular weight is 297 g/mol. The average Bonchev–Trinajstić information content (AvgIpc) is 2.49. The number of ether oxygens (including phenoxy) is 2. The summed E-state index contributed by atoms with van der Waals surface area (Å²) >= 11 is 1.92. The fourth-order valence-corrected chi connectivity index (χ4v) is 2.71. The summed E-state index contributed by atoms with van der Waals surface area (Å²) in [4.78, 5) is 0. The van der Waals surface area contributed by atoms with Gasteiger partial charge in [-0.05, 0) is 55.0 Å². The fourth-order valence-electron chi connectivity index (χ4n) is 2.14. The number of rotatable bonds is 11. The molecule has 1 N–H and O–H groups in total. The summed E-state index contributed by atoms with van der Waals surface area (Å²) in [5.41, 5.74) is 1.38. The van der Waals surface area contributed by atoms with E-state index in [2.05, 4.69) is 23.7 Å². The van der Waals surface area contributed by atoms with Crippen LogP contribution in [-0.4, -0.2) is 45.9 Å². The van der Waals surface area contributed by atoms with E-state index >= 15 is 0 Å². The Morgan fingerprint density at radius 2 is 1.95 bits per heavy atom. The maximum Gasteiger partial charge on any atom is 0.118 e. The molecule has 0 aliphatic rings. The van der Waals surface area contributed by atoms with E-state index in [4.69, 9.17) is 9.47 Å². The van der Waals surface area contributed by atoms with Gasteiger partial charge in [0.2, 0.25) is 0 Å². The van der Waals surface area contributed by atoms with Crippen LogP contribution in [0.5, 0.6) is 5.75 Å². The summed E-state index contributed by atoms with van der Waals surface area (Å²) in [5.74, 6) is 2.81. The van der Waals surface area contributed by atoms with Crippen LogP contribution in [0.3, 0.4) is 0 Å². The molecule has 0 saturated heterocycles. The van der Waals surface area contributed by atoms with Crippen molar-refractivity contribution >= 4 is 11.8 Å². The predicted molar refractivity (Wildman–Crippen MR) is 87.9 cm³/mol. The Bertz CT molecular complexity index is 343. The molecule has 1 aromatic rings. The lowest BCUT2D eigenvalue weighted by atomic mass is 9.96. The first-order chi connectivity index (χ1) is 9.80. The lowest BCUT2D eigenvalue weighted by molar-refractivity contribution is 0.197. The molecule has 1 rings (SSSR count). The van der Waals surface area contributed by atoms with Gasteiger partial charge in [0.25, 0.3) is 0 Å². The minimum atomic E-state index is 0.674.